The Labute approximate surface area is 101 Å². The molecule has 4 nitrogen and oxygen atoms in total. The molecule has 1 heterocycles. The van der Waals surface area contributed by atoms with Crippen LogP contribution in [0.15, 0.2) is 12.1 Å². The van der Waals surface area contributed by atoms with E-state index in [4.69, 9.17) is 9.84 Å². The summed E-state index contributed by atoms with van der Waals surface area (Å²) in [6.45, 7) is 2.02. The first kappa shape index (κ1) is 11.8. The normalized spacial score (nSPS) is 18.8. The van der Waals surface area contributed by atoms with Crippen molar-refractivity contribution in [3.8, 4) is 5.75 Å². The van der Waals surface area contributed by atoms with Crippen LogP contribution in [0.2, 0.25) is 0 Å². The molecule has 1 aliphatic heterocycles. The van der Waals surface area contributed by atoms with Crippen LogP contribution in [0.4, 0.5) is 5.69 Å². The number of carboxylic acid groups (broad SMARTS) is 1. The van der Waals surface area contributed by atoms with Gasteiger partial charge in [0.05, 0.1) is 12.8 Å². The third-order valence-corrected chi connectivity index (χ3v) is 3.31. The van der Waals surface area contributed by atoms with Crippen LogP contribution in [-0.4, -0.2) is 31.3 Å². The van der Waals surface area contributed by atoms with E-state index in [0.717, 1.165) is 23.4 Å². The largest absolute Gasteiger partial charge is 0.495 e. The van der Waals surface area contributed by atoms with Crippen molar-refractivity contribution in [1.82, 2.24) is 0 Å². The van der Waals surface area contributed by atoms with Crippen molar-refractivity contribution in [3.05, 3.63) is 23.3 Å². The number of aliphatic carboxylic acids is 1. The summed E-state index contributed by atoms with van der Waals surface area (Å²) < 4.78 is 5.36. The summed E-state index contributed by atoms with van der Waals surface area (Å²) >= 11 is 0. The molecule has 0 amide bonds. The Morgan fingerprint density at radius 3 is 2.82 bits per heavy atom. The van der Waals surface area contributed by atoms with Gasteiger partial charge in [0, 0.05) is 7.05 Å². The molecule has 1 unspecified atom stereocenters. The molecule has 2 rings (SSSR count). The lowest BCUT2D eigenvalue weighted by atomic mass is 9.94. The number of hydrogen-bond donors (Lipinski definition) is 1. The number of methoxy groups -OCH3 is 1. The first-order chi connectivity index (χ1) is 8.04. The lowest BCUT2D eigenvalue weighted by molar-refractivity contribution is -0.138. The second-order valence-electron chi connectivity index (χ2n) is 4.48. The highest BCUT2D eigenvalue weighted by Crippen LogP contribution is 2.38. The molecule has 0 bridgehead atoms. The van der Waals surface area contributed by atoms with Crippen LogP contribution in [0.5, 0.6) is 5.75 Å². The second kappa shape index (κ2) is 4.28. The maximum atomic E-state index is 11.2. The minimum absolute atomic E-state index is 0.459. The van der Waals surface area contributed by atoms with Gasteiger partial charge in [0.2, 0.25) is 0 Å². The van der Waals surface area contributed by atoms with Crippen molar-refractivity contribution in [3.63, 3.8) is 0 Å². The monoisotopic (exact) mass is 235 g/mol. The van der Waals surface area contributed by atoms with Crippen LogP contribution in [0.3, 0.4) is 0 Å². The Kier molecular flexibility index (Phi) is 2.96. The summed E-state index contributed by atoms with van der Waals surface area (Å²) in [7, 11) is 3.43. The summed E-state index contributed by atoms with van der Waals surface area (Å²) in [5.41, 5.74) is 3.22. The van der Waals surface area contributed by atoms with Crippen LogP contribution in [0.25, 0.3) is 0 Å². The van der Waals surface area contributed by atoms with E-state index >= 15 is 0 Å². The van der Waals surface area contributed by atoms with Crippen molar-refractivity contribution in [2.45, 2.75) is 25.8 Å². The minimum Gasteiger partial charge on any atom is -0.495 e. The van der Waals surface area contributed by atoms with Gasteiger partial charge in [-0.05, 0) is 37.0 Å². The van der Waals surface area contributed by atoms with E-state index in [2.05, 4.69) is 6.07 Å². The minimum atomic E-state index is -0.777. The van der Waals surface area contributed by atoms with Gasteiger partial charge in [-0.3, -0.25) is 0 Å². The fourth-order valence-corrected chi connectivity index (χ4v) is 2.50. The molecule has 0 aliphatic carbocycles. The Morgan fingerprint density at radius 2 is 2.24 bits per heavy atom. The fraction of sp³-hybridized carbons (Fsp3) is 0.462. The zero-order valence-electron chi connectivity index (χ0n) is 10.4. The molecular weight excluding hydrogens is 218 g/mol. The van der Waals surface area contributed by atoms with Gasteiger partial charge in [0.25, 0.3) is 0 Å². The van der Waals surface area contributed by atoms with E-state index in [-0.39, 0.29) is 0 Å². The Hall–Kier alpha value is -1.71. The zero-order chi connectivity index (χ0) is 12.6. The molecule has 1 N–H and O–H groups in total. The zero-order valence-corrected chi connectivity index (χ0v) is 10.4. The van der Waals surface area contributed by atoms with Crippen molar-refractivity contribution >= 4 is 11.7 Å². The number of ether oxygens (including phenoxy) is 1. The molecule has 1 atom stereocenters. The number of rotatable bonds is 2. The quantitative estimate of drug-likeness (QED) is 0.849. The molecule has 0 spiro atoms. The van der Waals surface area contributed by atoms with Crippen LogP contribution in [0, 0.1) is 6.92 Å². The van der Waals surface area contributed by atoms with Crippen molar-refractivity contribution in [1.29, 1.82) is 0 Å². The summed E-state index contributed by atoms with van der Waals surface area (Å²) in [6, 6.07) is 3.59. The maximum absolute atomic E-state index is 11.2. The first-order valence-electron chi connectivity index (χ1n) is 5.67. The van der Waals surface area contributed by atoms with Crippen LogP contribution < -0.4 is 9.64 Å². The predicted molar refractivity (Wildman–Crippen MR) is 65.9 cm³/mol. The molecule has 0 aromatic heterocycles. The van der Waals surface area contributed by atoms with Gasteiger partial charge >= 0.3 is 5.97 Å². The molecule has 0 saturated heterocycles. The van der Waals surface area contributed by atoms with Gasteiger partial charge < -0.3 is 14.7 Å². The molecule has 92 valence electrons. The van der Waals surface area contributed by atoms with E-state index < -0.39 is 12.0 Å². The third kappa shape index (κ3) is 1.95. The van der Waals surface area contributed by atoms with Gasteiger partial charge in [-0.15, -0.1) is 0 Å². The molecule has 1 aliphatic rings. The summed E-state index contributed by atoms with van der Waals surface area (Å²) in [5, 5.41) is 9.17. The number of carbonyl (C=O) groups is 1. The van der Waals surface area contributed by atoms with E-state index in [1.807, 2.05) is 20.0 Å². The van der Waals surface area contributed by atoms with Gasteiger partial charge in [-0.25, -0.2) is 4.79 Å². The van der Waals surface area contributed by atoms with Crippen molar-refractivity contribution < 1.29 is 14.6 Å². The molecule has 17 heavy (non-hydrogen) atoms. The number of benzene rings is 1. The molecule has 0 fully saturated rings. The number of hydrogen-bond acceptors (Lipinski definition) is 3. The summed E-state index contributed by atoms with van der Waals surface area (Å²) in [4.78, 5) is 13.0. The lowest BCUT2D eigenvalue weighted by Crippen LogP contribution is -2.42. The highest BCUT2D eigenvalue weighted by atomic mass is 16.5. The topological polar surface area (TPSA) is 49.8 Å². The molecule has 1 aromatic carbocycles. The Bertz CT molecular complexity index is 439. The highest BCUT2D eigenvalue weighted by molar-refractivity contribution is 5.81. The average Bonchev–Trinajstić information content (AvgIpc) is 2.27. The van der Waals surface area contributed by atoms with Crippen LogP contribution in [-0.2, 0) is 11.2 Å². The van der Waals surface area contributed by atoms with Crippen molar-refractivity contribution in [2.24, 2.45) is 0 Å². The fourth-order valence-electron chi connectivity index (χ4n) is 2.50. The average molecular weight is 235 g/mol. The predicted octanol–water partition coefficient (Wildman–Crippen LogP) is 1.84. The maximum Gasteiger partial charge on any atom is 0.326 e. The number of aryl methyl sites for hydroxylation is 2. The highest BCUT2D eigenvalue weighted by Gasteiger charge is 2.31. The van der Waals surface area contributed by atoms with E-state index in [9.17, 15) is 4.79 Å². The molecule has 0 radical (unpaired) electrons. The lowest BCUT2D eigenvalue weighted by Gasteiger charge is -2.34. The Balaban J connectivity index is 2.50. The van der Waals surface area contributed by atoms with Crippen LogP contribution >= 0.6 is 0 Å². The number of likely N-dealkylation sites (N-methyl/N-ethyl adjacent to an activating group) is 1. The summed E-state index contributed by atoms with van der Waals surface area (Å²) in [6.07, 6.45) is 1.43. The summed E-state index contributed by atoms with van der Waals surface area (Å²) in [5.74, 6) is -0.0192. The number of carboxylic acids is 1. The first-order valence-corrected chi connectivity index (χ1v) is 5.67. The molecular formula is C13H17NO3. The molecule has 0 saturated carbocycles. The third-order valence-electron chi connectivity index (χ3n) is 3.31. The van der Waals surface area contributed by atoms with Gasteiger partial charge in [-0.1, -0.05) is 6.07 Å². The van der Waals surface area contributed by atoms with Gasteiger partial charge in [0.1, 0.15) is 11.8 Å². The second-order valence-corrected chi connectivity index (χ2v) is 4.48. The SMILES string of the molecule is COc1cc(C)cc2c1N(C)C(C(=O)O)CC2. The van der Waals surface area contributed by atoms with Gasteiger partial charge in [-0.2, -0.15) is 0 Å². The number of anilines is 1. The van der Waals surface area contributed by atoms with E-state index in [0.29, 0.717) is 6.42 Å². The Morgan fingerprint density at radius 1 is 1.53 bits per heavy atom. The van der Waals surface area contributed by atoms with E-state index in [1.54, 1.807) is 12.0 Å². The standard InChI is InChI=1S/C13H17NO3/c1-8-6-9-4-5-10(13(15)16)14(2)12(9)11(7-8)17-3/h6-7,10H,4-5H2,1-3H3,(H,15,16). The smallest absolute Gasteiger partial charge is 0.326 e. The molecule has 4 heteroatoms. The van der Waals surface area contributed by atoms with Crippen molar-refractivity contribution in [2.75, 3.05) is 19.1 Å². The molecule has 1 aromatic rings. The number of nitrogens with zero attached hydrogens (tertiary/aromatic N) is 1. The van der Waals surface area contributed by atoms with Gasteiger partial charge in [0.15, 0.2) is 0 Å². The van der Waals surface area contributed by atoms with Crippen LogP contribution in [0.1, 0.15) is 17.5 Å². The number of fused-ring (bicyclic) bond motifs is 1. The van der Waals surface area contributed by atoms with E-state index in [1.165, 1.54) is 5.56 Å².